The number of rotatable bonds is 6. The molecule has 1 saturated carbocycles. The van der Waals surface area contributed by atoms with Crippen molar-refractivity contribution in [2.45, 2.75) is 44.6 Å². The second-order valence-electron chi connectivity index (χ2n) is 7.59. The fourth-order valence-corrected chi connectivity index (χ4v) is 4.03. The summed E-state index contributed by atoms with van der Waals surface area (Å²) in [6, 6.07) is 8.18. The summed E-state index contributed by atoms with van der Waals surface area (Å²) >= 11 is 0. The highest BCUT2D eigenvalue weighted by atomic mass is 35.5. The summed E-state index contributed by atoms with van der Waals surface area (Å²) in [5, 5.41) is 6.53. The molecule has 1 heterocycles. The summed E-state index contributed by atoms with van der Waals surface area (Å²) < 4.78 is 4.71. The van der Waals surface area contributed by atoms with Crippen molar-refractivity contribution in [3.05, 3.63) is 29.8 Å². The molecule has 0 bridgehead atoms. The van der Waals surface area contributed by atoms with Gasteiger partial charge in [-0.3, -0.25) is 9.59 Å². The van der Waals surface area contributed by atoms with Crippen LogP contribution >= 0.6 is 12.4 Å². The molecule has 0 atom stereocenters. The van der Waals surface area contributed by atoms with E-state index in [0.717, 1.165) is 63.8 Å². The van der Waals surface area contributed by atoms with Gasteiger partial charge in [0.25, 0.3) is 5.91 Å². The first kappa shape index (κ1) is 22.5. The number of nitrogens with zero attached hydrogens (tertiary/aromatic N) is 1. The fraction of sp³-hybridized carbons (Fsp3) is 0.619. The van der Waals surface area contributed by atoms with Crippen LogP contribution in [0.25, 0.3) is 0 Å². The third-order valence-corrected chi connectivity index (χ3v) is 5.78. The maximum atomic E-state index is 12.5. The van der Waals surface area contributed by atoms with E-state index in [4.69, 9.17) is 4.74 Å². The summed E-state index contributed by atoms with van der Waals surface area (Å²) in [4.78, 5) is 26.1. The van der Waals surface area contributed by atoms with Crippen molar-refractivity contribution in [1.29, 1.82) is 0 Å². The van der Waals surface area contributed by atoms with Gasteiger partial charge in [0.05, 0.1) is 7.11 Å². The zero-order valence-corrected chi connectivity index (χ0v) is 17.4. The molecule has 3 rings (SSSR count). The first-order chi connectivity index (χ1) is 13.2. The predicted octanol–water partition coefficient (Wildman–Crippen LogP) is 2.76. The Hall–Kier alpha value is -1.79. The number of esters is 1. The molecule has 0 radical (unpaired) electrons. The fourth-order valence-electron chi connectivity index (χ4n) is 4.03. The van der Waals surface area contributed by atoms with E-state index in [9.17, 15) is 9.59 Å². The Morgan fingerprint density at radius 2 is 1.75 bits per heavy atom. The maximum absolute atomic E-state index is 12.5. The highest BCUT2D eigenvalue weighted by Crippen LogP contribution is 2.28. The standard InChI is InChI=1S/C21H31N3O3.ClH/c1-27-20(25)11-4-16-2-7-18(8-3-16)23-21(26)17-5-9-19(10-6-17)24-14-12-22-13-15-24;/h5-6,9-10,16,18,22H,2-4,7-8,11-15H2,1H3,(H,23,26);1H. The molecule has 2 aliphatic rings. The molecule has 0 aromatic heterocycles. The Kier molecular flexibility index (Phi) is 9.06. The minimum atomic E-state index is -0.130. The van der Waals surface area contributed by atoms with Crippen LogP contribution in [0.5, 0.6) is 0 Å². The summed E-state index contributed by atoms with van der Waals surface area (Å²) in [7, 11) is 1.44. The van der Waals surface area contributed by atoms with Gasteiger partial charge in [-0.25, -0.2) is 0 Å². The van der Waals surface area contributed by atoms with Crippen LogP contribution in [-0.4, -0.2) is 51.2 Å². The topological polar surface area (TPSA) is 70.7 Å². The van der Waals surface area contributed by atoms with E-state index in [1.165, 1.54) is 12.8 Å². The first-order valence-corrected chi connectivity index (χ1v) is 10.1. The van der Waals surface area contributed by atoms with Gasteiger partial charge in [0, 0.05) is 49.9 Å². The van der Waals surface area contributed by atoms with Crippen LogP contribution in [0.3, 0.4) is 0 Å². The average Bonchev–Trinajstić information content (AvgIpc) is 2.73. The van der Waals surface area contributed by atoms with Crippen LogP contribution < -0.4 is 15.5 Å². The van der Waals surface area contributed by atoms with Crippen molar-refractivity contribution < 1.29 is 14.3 Å². The molecule has 7 heteroatoms. The Bertz CT molecular complexity index is 624. The number of ether oxygens (including phenoxy) is 1. The van der Waals surface area contributed by atoms with Gasteiger partial charge in [0.15, 0.2) is 0 Å². The monoisotopic (exact) mass is 409 g/mol. The van der Waals surface area contributed by atoms with E-state index in [-0.39, 0.29) is 30.3 Å². The van der Waals surface area contributed by atoms with Crippen LogP contribution in [0.15, 0.2) is 24.3 Å². The number of carbonyl (C=O) groups is 2. The van der Waals surface area contributed by atoms with Crippen LogP contribution in [0.1, 0.15) is 48.9 Å². The Morgan fingerprint density at radius 3 is 2.36 bits per heavy atom. The zero-order valence-electron chi connectivity index (χ0n) is 16.6. The predicted molar refractivity (Wildman–Crippen MR) is 113 cm³/mol. The maximum Gasteiger partial charge on any atom is 0.305 e. The molecule has 1 amide bonds. The summed E-state index contributed by atoms with van der Waals surface area (Å²) in [5.74, 6) is 0.449. The van der Waals surface area contributed by atoms with E-state index in [1.54, 1.807) is 0 Å². The van der Waals surface area contributed by atoms with Gasteiger partial charge < -0.3 is 20.3 Å². The smallest absolute Gasteiger partial charge is 0.305 e. The highest BCUT2D eigenvalue weighted by molar-refractivity contribution is 5.94. The van der Waals surface area contributed by atoms with E-state index < -0.39 is 0 Å². The number of hydrogen-bond donors (Lipinski definition) is 2. The number of carbonyl (C=O) groups excluding carboxylic acids is 2. The van der Waals surface area contributed by atoms with Crippen LogP contribution in [0.4, 0.5) is 5.69 Å². The Morgan fingerprint density at radius 1 is 1.11 bits per heavy atom. The van der Waals surface area contributed by atoms with Gasteiger partial charge in [-0.2, -0.15) is 0 Å². The SMILES string of the molecule is COC(=O)CCC1CCC(NC(=O)c2ccc(N3CCNCC3)cc2)CC1.Cl. The molecule has 1 aliphatic heterocycles. The van der Waals surface area contributed by atoms with Gasteiger partial charge in [-0.15, -0.1) is 12.4 Å². The van der Waals surface area contributed by atoms with Gasteiger partial charge in [0.1, 0.15) is 0 Å². The number of piperazine rings is 1. The molecule has 2 fully saturated rings. The Labute approximate surface area is 173 Å². The van der Waals surface area contributed by atoms with Crippen molar-refractivity contribution in [1.82, 2.24) is 10.6 Å². The molecule has 156 valence electrons. The normalized spacial score (nSPS) is 22.1. The molecule has 2 N–H and O–H groups in total. The molecular weight excluding hydrogens is 378 g/mol. The number of methoxy groups -OCH3 is 1. The highest BCUT2D eigenvalue weighted by Gasteiger charge is 2.23. The van der Waals surface area contributed by atoms with E-state index >= 15 is 0 Å². The summed E-state index contributed by atoms with van der Waals surface area (Å²) in [6.45, 7) is 4.02. The quantitative estimate of drug-likeness (QED) is 0.707. The van der Waals surface area contributed by atoms with E-state index in [0.29, 0.717) is 12.3 Å². The van der Waals surface area contributed by atoms with Gasteiger partial charge in [-0.05, 0) is 62.3 Å². The number of amides is 1. The van der Waals surface area contributed by atoms with E-state index in [1.807, 2.05) is 24.3 Å². The van der Waals surface area contributed by atoms with Crippen LogP contribution in [0, 0.1) is 5.92 Å². The molecule has 1 aromatic carbocycles. The largest absolute Gasteiger partial charge is 0.469 e. The molecule has 1 aromatic rings. The molecule has 28 heavy (non-hydrogen) atoms. The lowest BCUT2D eigenvalue weighted by Gasteiger charge is -2.30. The summed E-state index contributed by atoms with van der Waals surface area (Å²) in [6.07, 6.45) is 5.47. The number of anilines is 1. The lowest BCUT2D eigenvalue weighted by molar-refractivity contribution is -0.141. The Balaban J connectivity index is 0.00000280. The lowest BCUT2D eigenvalue weighted by Crippen LogP contribution is -2.43. The number of hydrogen-bond acceptors (Lipinski definition) is 5. The van der Waals surface area contributed by atoms with Gasteiger partial charge in [-0.1, -0.05) is 0 Å². The molecule has 0 spiro atoms. The zero-order chi connectivity index (χ0) is 19.1. The summed E-state index contributed by atoms with van der Waals surface area (Å²) in [5.41, 5.74) is 1.90. The average molecular weight is 410 g/mol. The van der Waals surface area contributed by atoms with Crippen molar-refractivity contribution in [2.24, 2.45) is 5.92 Å². The van der Waals surface area contributed by atoms with E-state index in [2.05, 4.69) is 15.5 Å². The second-order valence-corrected chi connectivity index (χ2v) is 7.59. The first-order valence-electron chi connectivity index (χ1n) is 10.1. The lowest BCUT2D eigenvalue weighted by atomic mass is 9.83. The molecule has 0 unspecified atom stereocenters. The van der Waals surface area contributed by atoms with Gasteiger partial charge in [0.2, 0.25) is 0 Å². The molecule has 1 aliphatic carbocycles. The van der Waals surface area contributed by atoms with Crippen molar-refractivity contribution in [3.8, 4) is 0 Å². The second kappa shape index (κ2) is 11.3. The third kappa shape index (κ3) is 6.38. The van der Waals surface area contributed by atoms with Crippen molar-refractivity contribution >= 4 is 30.0 Å². The minimum absolute atomic E-state index is 0. The number of nitrogens with one attached hydrogen (secondary N) is 2. The van der Waals surface area contributed by atoms with Gasteiger partial charge >= 0.3 is 5.97 Å². The molecule has 1 saturated heterocycles. The van der Waals surface area contributed by atoms with Crippen LogP contribution in [0.2, 0.25) is 0 Å². The number of benzene rings is 1. The van der Waals surface area contributed by atoms with Crippen molar-refractivity contribution in [3.63, 3.8) is 0 Å². The molecular formula is C21H32ClN3O3. The number of halogens is 1. The van der Waals surface area contributed by atoms with Crippen molar-refractivity contribution in [2.75, 3.05) is 38.2 Å². The third-order valence-electron chi connectivity index (χ3n) is 5.78. The molecule has 6 nitrogen and oxygen atoms in total. The minimum Gasteiger partial charge on any atom is -0.469 e. The van der Waals surface area contributed by atoms with Crippen LogP contribution in [-0.2, 0) is 9.53 Å².